The minimum absolute atomic E-state index is 0.148. The van der Waals surface area contributed by atoms with E-state index in [-0.39, 0.29) is 5.91 Å². The summed E-state index contributed by atoms with van der Waals surface area (Å²) >= 11 is 0. The maximum atomic E-state index is 12.7. The van der Waals surface area contributed by atoms with E-state index in [1.165, 1.54) is 45.3 Å². The summed E-state index contributed by atoms with van der Waals surface area (Å²) in [5, 5.41) is 14.2. The zero-order valence-electron chi connectivity index (χ0n) is 21.0. The average molecular weight is 572 g/mol. The first kappa shape index (κ1) is 32.3. The molecule has 3 fully saturated rings. The third kappa shape index (κ3) is 10.6. The highest BCUT2D eigenvalue weighted by atomic mass is 19.4. The molecule has 9 nitrogen and oxygen atoms in total. The van der Waals surface area contributed by atoms with Gasteiger partial charge in [-0.1, -0.05) is 0 Å². The number of carboxylic acids is 2. The molecular weight excluding hydrogens is 540 g/mol. The lowest BCUT2D eigenvalue weighted by Gasteiger charge is -2.40. The number of alkyl halides is 6. The van der Waals surface area contributed by atoms with Crippen LogP contribution in [-0.4, -0.2) is 101 Å². The minimum atomic E-state index is -5.08. The summed E-state index contributed by atoms with van der Waals surface area (Å²) in [6.07, 6.45) is -0.714. The van der Waals surface area contributed by atoms with Gasteiger partial charge in [0.2, 0.25) is 0 Å². The summed E-state index contributed by atoms with van der Waals surface area (Å²) in [6, 6.07) is 3.71. The van der Waals surface area contributed by atoms with Crippen molar-refractivity contribution in [1.82, 2.24) is 14.8 Å². The van der Waals surface area contributed by atoms with Crippen LogP contribution in [0.15, 0.2) is 24.5 Å². The number of halogens is 6. The number of aliphatic carboxylic acids is 2. The largest absolute Gasteiger partial charge is 0.490 e. The van der Waals surface area contributed by atoms with Crippen molar-refractivity contribution in [2.75, 3.05) is 45.9 Å². The normalized spacial score (nSPS) is 19.9. The Bertz CT molecular complexity index is 922. The van der Waals surface area contributed by atoms with Gasteiger partial charge in [0.05, 0.1) is 5.56 Å². The molecule has 0 aliphatic carbocycles. The number of hydrogen-bond acceptors (Lipinski definition) is 6. The van der Waals surface area contributed by atoms with Crippen molar-refractivity contribution in [3.05, 3.63) is 30.1 Å². The molecule has 3 saturated heterocycles. The maximum absolute atomic E-state index is 12.7. The molecule has 0 unspecified atom stereocenters. The number of rotatable bonds is 3. The molecule has 1 spiro atoms. The molecule has 0 radical (unpaired) electrons. The topological polar surface area (TPSA) is 120 Å². The Kier molecular flexibility index (Phi) is 11.5. The van der Waals surface area contributed by atoms with Crippen LogP contribution in [0.5, 0.6) is 0 Å². The molecule has 1 aromatic rings. The van der Waals surface area contributed by atoms with Crippen LogP contribution < -0.4 is 0 Å². The number of ether oxygens (including phenoxy) is 1. The fourth-order valence-corrected chi connectivity index (χ4v) is 4.69. The third-order valence-corrected chi connectivity index (χ3v) is 6.89. The minimum Gasteiger partial charge on any atom is -0.475 e. The number of likely N-dealkylation sites (tertiary alicyclic amines) is 2. The van der Waals surface area contributed by atoms with Crippen LogP contribution in [0.1, 0.15) is 42.5 Å². The zero-order chi connectivity index (χ0) is 29.3. The summed E-state index contributed by atoms with van der Waals surface area (Å²) < 4.78 is 68.9. The first-order valence-electron chi connectivity index (χ1n) is 12.2. The van der Waals surface area contributed by atoms with E-state index >= 15 is 0 Å². The van der Waals surface area contributed by atoms with Gasteiger partial charge >= 0.3 is 24.3 Å². The predicted molar refractivity (Wildman–Crippen MR) is 124 cm³/mol. The first-order valence-corrected chi connectivity index (χ1v) is 12.2. The molecule has 3 aliphatic rings. The van der Waals surface area contributed by atoms with Gasteiger partial charge in [0.15, 0.2) is 0 Å². The molecule has 15 heteroatoms. The molecule has 0 atom stereocenters. The van der Waals surface area contributed by atoms with Crippen molar-refractivity contribution in [2.45, 2.75) is 44.5 Å². The van der Waals surface area contributed by atoms with Crippen LogP contribution in [0.2, 0.25) is 0 Å². The van der Waals surface area contributed by atoms with Gasteiger partial charge in [-0.3, -0.25) is 9.78 Å². The fraction of sp³-hybridized carbons (Fsp3) is 0.667. The quantitative estimate of drug-likeness (QED) is 0.527. The van der Waals surface area contributed by atoms with Crippen molar-refractivity contribution in [2.24, 2.45) is 11.3 Å². The average Bonchev–Trinajstić information content (AvgIpc) is 3.29. The fourth-order valence-electron chi connectivity index (χ4n) is 4.69. The molecule has 1 aromatic heterocycles. The van der Waals surface area contributed by atoms with E-state index in [1.807, 2.05) is 17.0 Å². The molecule has 4 rings (SSSR count). The first-order chi connectivity index (χ1) is 18.1. The molecule has 2 N–H and O–H groups in total. The van der Waals surface area contributed by atoms with Gasteiger partial charge in [-0.2, -0.15) is 26.3 Å². The molecule has 220 valence electrons. The van der Waals surface area contributed by atoms with E-state index in [9.17, 15) is 31.1 Å². The smallest absolute Gasteiger partial charge is 0.475 e. The molecule has 3 aliphatic heterocycles. The summed E-state index contributed by atoms with van der Waals surface area (Å²) in [5.74, 6) is -4.55. The van der Waals surface area contributed by atoms with Crippen LogP contribution >= 0.6 is 0 Å². The van der Waals surface area contributed by atoms with Gasteiger partial charge in [0.1, 0.15) is 0 Å². The second-order valence-electron chi connectivity index (χ2n) is 9.68. The summed E-state index contributed by atoms with van der Waals surface area (Å²) in [4.78, 5) is 39.2. The van der Waals surface area contributed by atoms with E-state index in [2.05, 4.69) is 9.88 Å². The monoisotopic (exact) mass is 571 g/mol. The van der Waals surface area contributed by atoms with Crippen molar-refractivity contribution in [3.8, 4) is 0 Å². The van der Waals surface area contributed by atoms with Gasteiger partial charge in [-0.25, -0.2) is 9.59 Å². The Labute approximate surface area is 220 Å². The van der Waals surface area contributed by atoms with Crippen LogP contribution in [0.25, 0.3) is 0 Å². The van der Waals surface area contributed by atoms with Gasteiger partial charge < -0.3 is 24.7 Å². The number of pyridine rings is 1. The Morgan fingerprint density at radius 3 is 1.92 bits per heavy atom. The Morgan fingerprint density at radius 2 is 1.46 bits per heavy atom. The van der Waals surface area contributed by atoms with Crippen molar-refractivity contribution >= 4 is 17.8 Å². The highest BCUT2D eigenvalue weighted by Crippen LogP contribution is 2.41. The zero-order valence-corrected chi connectivity index (χ0v) is 21.0. The second kappa shape index (κ2) is 13.9. The van der Waals surface area contributed by atoms with Crippen molar-refractivity contribution < 1.29 is 55.7 Å². The number of carboxylic acid groups (broad SMARTS) is 2. The van der Waals surface area contributed by atoms with Crippen LogP contribution in [-0.2, 0) is 14.3 Å². The molecule has 4 heterocycles. The lowest BCUT2D eigenvalue weighted by atomic mass is 9.77. The molecule has 0 bridgehead atoms. The highest BCUT2D eigenvalue weighted by Gasteiger charge is 2.42. The maximum Gasteiger partial charge on any atom is 0.490 e. The van der Waals surface area contributed by atoms with Crippen molar-refractivity contribution in [1.29, 1.82) is 0 Å². The second-order valence-corrected chi connectivity index (χ2v) is 9.68. The Morgan fingerprint density at radius 1 is 0.949 bits per heavy atom. The number of amides is 1. The van der Waals surface area contributed by atoms with E-state index in [4.69, 9.17) is 24.5 Å². The SMILES string of the molecule is O=C(O)C(F)(F)F.O=C(O)C(F)(F)F.O=C(c1cccnc1)N1CCC2(CCN(CC3CCOCC3)CC2)C1. The number of aromatic nitrogens is 1. The number of carbonyl (C=O) groups is 3. The lowest BCUT2D eigenvalue weighted by Crippen LogP contribution is -2.44. The standard InChI is InChI=1S/C20H29N3O2.2C2HF3O2/c24-19(18-2-1-8-21-14-18)23-11-7-20(16-23)5-9-22(10-6-20)15-17-3-12-25-13-4-17;2*3-2(4,5)1(6)7/h1-2,8,14,17H,3-7,9-13,15-16H2;2*(H,6,7). The summed E-state index contributed by atoms with van der Waals surface area (Å²) in [6.45, 7) is 7.30. The van der Waals surface area contributed by atoms with Crippen LogP contribution in [0.3, 0.4) is 0 Å². The molecule has 0 saturated carbocycles. The third-order valence-electron chi connectivity index (χ3n) is 6.89. The van der Waals surface area contributed by atoms with Crippen LogP contribution in [0.4, 0.5) is 26.3 Å². The summed E-state index contributed by atoms with van der Waals surface area (Å²) in [5.41, 5.74) is 1.07. The van der Waals surface area contributed by atoms with E-state index in [1.54, 1.807) is 12.4 Å². The predicted octanol–water partition coefficient (Wildman–Crippen LogP) is 3.70. The number of carbonyl (C=O) groups excluding carboxylic acids is 1. The van der Waals surface area contributed by atoms with Crippen LogP contribution in [0, 0.1) is 11.3 Å². The van der Waals surface area contributed by atoms with Gasteiger partial charge in [0.25, 0.3) is 5.91 Å². The van der Waals surface area contributed by atoms with Gasteiger partial charge in [0, 0.05) is 45.2 Å². The molecule has 39 heavy (non-hydrogen) atoms. The van der Waals surface area contributed by atoms with Gasteiger partial charge in [-0.05, 0) is 68.7 Å². The molecule has 1 amide bonds. The number of hydrogen-bond donors (Lipinski definition) is 2. The lowest BCUT2D eigenvalue weighted by molar-refractivity contribution is -0.193. The summed E-state index contributed by atoms with van der Waals surface area (Å²) in [7, 11) is 0. The highest BCUT2D eigenvalue weighted by molar-refractivity contribution is 5.94. The Balaban J connectivity index is 0.000000317. The van der Waals surface area contributed by atoms with E-state index < -0.39 is 24.3 Å². The Hall–Kier alpha value is -2.94. The van der Waals surface area contributed by atoms with E-state index in [0.29, 0.717) is 5.41 Å². The molecule has 0 aromatic carbocycles. The van der Waals surface area contributed by atoms with Gasteiger partial charge in [-0.15, -0.1) is 0 Å². The number of nitrogens with zero attached hydrogens (tertiary/aromatic N) is 3. The number of piperidine rings is 1. The van der Waals surface area contributed by atoms with E-state index in [0.717, 1.165) is 44.2 Å². The van der Waals surface area contributed by atoms with Crippen molar-refractivity contribution in [3.63, 3.8) is 0 Å². The molecular formula is C24H31F6N3O6.